The summed E-state index contributed by atoms with van der Waals surface area (Å²) >= 11 is 3.49. The van der Waals surface area contributed by atoms with Gasteiger partial charge in [0.15, 0.2) is 0 Å². The SMILES string of the molecule is CCC(N)Cc1ccc(Oc2ccc(F)cc2)c(Br)c1. The van der Waals surface area contributed by atoms with Crippen molar-refractivity contribution in [3.63, 3.8) is 0 Å². The molecule has 0 amide bonds. The maximum Gasteiger partial charge on any atom is 0.141 e. The molecule has 0 aliphatic carbocycles. The van der Waals surface area contributed by atoms with Crippen LogP contribution in [0, 0.1) is 5.82 Å². The van der Waals surface area contributed by atoms with E-state index in [4.69, 9.17) is 10.5 Å². The fraction of sp³-hybridized carbons (Fsp3) is 0.250. The molecule has 0 saturated heterocycles. The molecule has 2 aromatic rings. The summed E-state index contributed by atoms with van der Waals surface area (Å²) in [5.74, 6) is 1.02. The number of hydrogen-bond acceptors (Lipinski definition) is 2. The molecular formula is C16H17BrFNO. The van der Waals surface area contributed by atoms with Crippen LogP contribution in [0.2, 0.25) is 0 Å². The number of benzene rings is 2. The Bertz CT molecular complexity index is 571. The van der Waals surface area contributed by atoms with Crippen LogP contribution in [-0.4, -0.2) is 6.04 Å². The number of ether oxygens (including phenoxy) is 1. The zero-order valence-corrected chi connectivity index (χ0v) is 12.9. The summed E-state index contributed by atoms with van der Waals surface area (Å²) in [6.07, 6.45) is 1.79. The lowest BCUT2D eigenvalue weighted by atomic mass is 10.0. The van der Waals surface area contributed by atoms with Crippen LogP contribution in [0.15, 0.2) is 46.9 Å². The Morgan fingerprint density at radius 2 is 1.90 bits per heavy atom. The highest BCUT2D eigenvalue weighted by Crippen LogP contribution is 2.30. The Balaban J connectivity index is 2.11. The first-order chi connectivity index (χ1) is 9.58. The van der Waals surface area contributed by atoms with Crippen LogP contribution in [0.5, 0.6) is 11.5 Å². The monoisotopic (exact) mass is 337 g/mol. The van der Waals surface area contributed by atoms with E-state index in [0.717, 1.165) is 22.9 Å². The van der Waals surface area contributed by atoms with Gasteiger partial charge in [0.25, 0.3) is 0 Å². The van der Waals surface area contributed by atoms with Crippen molar-refractivity contribution in [3.05, 3.63) is 58.3 Å². The lowest BCUT2D eigenvalue weighted by molar-refractivity contribution is 0.477. The van der Waals surface area contributed by atoms with Crippen LogP contribution in [-0.2, 0) is 6.42 Å². The average Bonchev–Trinajstić information content (AvgIpc) is 2.44. The van der Waals surface area contributed by atoms with Crippen LogP contribution >= 0.6 is 15.9 Å². The molecule has 0 aromatic heterocycles. The van der Waals surface area contributed by atoms with Gasteiger partial charge < -0.3 is 10.5 Å². The normalized spacial score (nSPS) is 12.2. The van der Waals surface area contributed by atoms with Gasteiger partial charge in [-0.3, -0.25) is 0 Å². The summed E-state index contributed by atoms with van der Waals surface area (Å²) < 4.78 is 19.4. The highest BCUT2D eigenvalue weighted by Gasteiger charge is 2.07. The quantitative estimate of drug-likeness (QED) is 0.861. The van der Waals surface area contributed by atoms with Gasteiger partial charge in [0, 0.05) is 6.04 Å². The fourth-order valence-electron chi connectivity index (χ4n) is 1.83. The number of hydrogen-bond donors (Lipinski definition) is 1. The van der Waals surface area contributed by atoms with Gasteiger partial charge in [-0.15, -0.1) is 0 Å². The summed E-state index contributed by atoms with van der Waals surface area (Å²) in [5, 5.41) is 0. The van der Waals surface area contributed by atoms with Gasteiger partial charge in [-0.25, -0.2) is 4.39 Å². The second kappa shape index (κ2) is 6.86. The molecular weight excluding hydrogens is 321 g/mol. The van der Waals surface area contributed by atoms with E-state index >= 15 is 0 Å². The molecule has 20 heavy (non-hydrogen) atoms. The van der Waals surface area contributed by atoms with Crippen LogP contribution in [0.1, 0.15) is 18.9 Å². The fourth-order valence-corrected chi connectivity index (χ4v) is 2.34. The Morgan fingerprint density at radius 3 is 2.50 bits per heavy atom. The molecule has 0 aliphatic rings. The van der Waals surface area contributed by atoms with Crippen molar-refractivity contribution >= 4 is 15.9 Å². The van der Waals surface area contributed by atoms with Crippen molar-refractivity contribution in [2.75, 3.05) is 0 Å². The smallest absolute Gasteiger partial charge is 0.141 e. The summed E-state index contributed by atoms with van der Waals surface area (Å²) in [7, 11) is 0. The highest BCUT2D eigenvalue weighted by molar-refractivity contribution is 9.10. The first-order valence-corrected chi connectivity index (χ1v) is 7.35. The van der Waals surface area contributed by atoms with Gasteiger partial charge in [-0.1, -0.05) is 13.0 Å². The first kappa shape index (κ1) is 15.0. The topological polar surface area (TPSA) is 35.2 Å². The number of halogens is 2. The summed E-state index contributed by atoms with van der Waals surface area (Å²) in [5.41, 5.74) is 7.11. The van der Waals surface area contributed by atoms with E-state index in [1.54, 1.807) is 12.1 Å². The highest BCUT2D eigenvalue weighted by atomic mass is 79.9. The molecule has 0 heterocycles. The lowest BCUT2D eigenvalue weighted by Gasteiger charge is -2.12. The van der Waals surface area contributed by atoms with Gasteiger partial charge in [0.2, 0.25) is 0 Å². The third kappa shape index (κ3) is 4.05. The number of nitrogens with two attached hydrogens (primary N) is 1. The average molecular weight is 338 g/mol. The Hall–Kier alpha value is -1.39. The van der Waals surface area contributed by atoms with Gasteiger partial charge in [0.05, 0.1) is 4.47 Å². The van der Waals surface area contributed by atoms with Crippen molar-refractivity contribution in [3.8, 4) is 11.5 Å². The molecule has 0 saturated carbocycles. The minimum absolute atomic E-state index is 0.172. The minimum atomic E-state index is -0.277. The largest absolute Gasteiger partial charge is 0.456 e. The Labute approximate surface area is 126 Å². The minimum Gasteiger partial charge on any atom is -0.456 e. The Morgan fingerprint density at radius 1 is 1.20 bits per heavy atom. The van der Waals surface area contributed by atoms with E-state index in [0.29, 0.717) is 11.5 Å². The molecule has 2 N–H and O–H groups in total. The molecule has 0 aliphatic heterocycles. The zero-order valence-electron chi connectivity index (χ0n) is 11.3. The molecule has 2 nitrogen and oxygen atoms in total. The molecule has 2 rings (SSSR count). The maximum atomic E-state index is 12.8. The predicted molar refractivity (Wildman–Crippen MR) is 82.6 cm³/mol. The van der Waals surface area contributed by atoms with E-state index in [1.807, 2.05) is 18.2 Å². The van der Waals surface area contributed by atoms with Gasteiger partial charge in [-0.05, 0) is 70.7 Å². The van der Waals surface area contributed by atoms with Gasteiger partial charge in [0.1, 0.15) is 17.3 Å². The second-order valence-electron chi connectivity index (χ2n) is 4.69. The van der Waals surface area contributed by atoms with E-state index in [1.165, 1.54) is 12.1 Å². The molecule has 0 radical (unpaired) electrons. The number of rotatable bonds is 5. The van der Waals surface area contributed by atoms with Crippen LogP contribution in [0.4, 0.5) is 4.39 Å². The zero-order chi connectivity index (χ0) is 14.5. The standard InChI is InChI=1S/C16H17BrFNO/c1-2-13(19)9-11-3-8-16(15(17)10-11)20-14-6-4-12(18)5-7-14/h3-8,10,13H,2,9,19H2,1H3. The molecule has 106 valence electrons. The molecule has 4 heteroatoms. The third-order valence-electron chi connectivity index (χ3n) is 3.06. The summed E-state index contributed by atoms with van der Waals surface area (Å²) in [4.78, 5) is 0. The van der Waals surface area contributed by atoms with E-state index in [9.17, 15) is 4.39 Å². The van der Waals surface area contributed by atoms with E-state index in [2.05, 4.69) is 22.9 Å². The van der Waals surface area contributed by atoms with Crippen molar-refractivity contribution in [2.45, 2.75) is 25.8 Å². The van der Waals surface area contributed by atoms with Crippen LogP contribution < -0.4 is 10.5 Å². The molecule has 1 atom stereocenters. The van der Waals surface area contributed by atoms with Crippen molar-refractivity contribution < 1.29 is 9.13 Å². The van der Waals surface area contributed by atoms with E-state index in [-0.39, 0.29) is 11.9 Å². The molecule has 0 bridgehead atoms. The summed E-state index contributed by atoms with van der Waals surface area (Å²) in [6.45, 7) is 2.08. The van der Waals surface area contributed by atoms with E-state index < -0.39 is 0 Å². The third-order valence-corrected chi connectivity index (χ3v) is 3.68. The first-order valence-electron chi connectivity index (χ1n) is 6.56. The summed E-state index contributed by atoms with van der Waals surface area (Å²) in [6, 6.07) is 12.0. The second-order valence-corrected chi connectivity index (χ2v) is 5.55. The molecule has 1 unspecified atom stereocenters. The maximum absolute atomic E-state index is 12.8. The lowest BCUT2D eigenvalue weighted by Crippen LogP contribution is -2.21. The van der Waals surface area contributed by atoms with Crippen LogP contribution in [0.25, 0.3) is 0 Å². The predicted octanol–water partition coefficient (Wildman–Crippen LogP) is 4.66. The van der Waals surface area contributed by atoms with Gasteiger partial charge >= 0.3 is 0 Å². The molecule has 0 spiro atoms. The van der Waals surface area contributed by atoms with Gasteiger partial charge in [-0.2, -0.15) is 0 Å². The van der Waals surface area contributed by atoms with Crippen molar-refractivity contribution in [2.24, 2.45) is 5.73 Å². The van der Waals surface area contributed by atoms with Crippen LogP contribution in [0.3, 0.4) is 0 Å². The Kier molecular flexibility index (Phi) is 5.15. The van der Waals surface area contributed by atoms with Crippen molar-refractivity contribution in [1.29, 1.82) is 0 Å². The molecule has 0 fully saturated rings. The molecule has 2 aromatic carbocycles. The van der Waals surface area contributed by atoms with Crippen molar-refractivity contribution in [1.82, 2.24) is 0 Å².